The molecule has 0 aromatic heterocycles. The fourth-order valence-corrected chi connectivity index (χ4v) is 3.81. The third-order valence-electron chi connectivity index (χ3n) is 5.74. The van der Waals surface area contributed by atoms with Gasteiger partial charge in [0.25, 0.3) is 0 Å². The van der Waals surface area contributed by atoms with E-state index < -0.39 is 5.97 Å². The molecular weight excluding hydrogens is 428 g/mol. The van der Waals surface area contributed by atoms with E-state index in [1.807, 2.05) is 6.92 Å². The maximum absolute atomic E-state index is 12.5. The van der Waals surface area contributed by atoms with Crippen molar-refractivity contribution in [2.75, 3.05) is 80.9 Å². The Balaban J connectivity index is 1.70. The van der Waals surface area contributed by atoms with Gasteiger partial charge in [-0.15, -0.1) is 0 Å². The Morgan fingerprint density at radius 2 is 1.45 bits per heavy atom. The van der Waals surface area contributed by atoms with Gasteiger partial charge in [0.15, 0.2) is 17.8 Å². The van der Waals surface area contributed by atoms with Crippen molar-refractivity contribution in [1.82, 2.24) is 9.80 Å². The molecule has 1 fully saturated rings. The fourth-order valence-electron chi connectivity index (χ4n) is 3.81. The number of carbonyl (C=O) groups is 1. The third-order valence-corrected chi connectivity index (χ3v) is 5.74. The summed E-state index contributed by atoms with van der Waals surface area (Å²) < 4.78 is 32.1. The van der Waals surface area contributed by atoms with Crippen LogP contribution >= 0.6 is 0 Å². The highest BCUT2D eigenvalue weighted by Crippen LogP contribution is 2.38. The van der Waals surface area contributed by atoms with E-state index in [-0.39, 0.29) is 6.29 Å². The topological polar surface area (TPSA) is 78.9 Å². The van der Waals surface area contributed by atoms with Crippen LogP contribution in [0.3, 0.4) is 0 Å². The molecule has 1 aliphatic rings. The molecule has 1 aromatic carbocycles. The van der Waals surface area contributed by atoms with Crippen molar-refractivity contribution in [3.05, 3.63) is 17.7 Å². The molecule has 1 saturated heterocycles. The van der Waals surface area contributed by atoms with Crippen LogP contribution in [-0.2, 0) is 14.2 Å². The number of carbonyl (C=O) groups excluding carboxylic acids is 1. The average molecular weight is 469 g/mol. The molecule has 0 bridgehead atoms. The molecule has 1 aliphatic heterocycles. The Bertz CT molecular complexity index is 691. The number of esters is 1. The van der Waals surface area contributed by atoms with Crippen LogP contribution in [0.1, 0.15) is 36.5 Å². The number of benzene rings is 1. The Morgan fingerprint density at radius 1 is 0.879 bits per heavy atom. The lowest BCUT2D eigenvalue weighted by Gasteiger charge is -2.22. The predicted molar refractivity (Wildman–Crippen MR) is 126 cm³/mol. The third kappa shape index (κ3) is 9.00. The minimum atomic E-state index is -0.402. The lowest BCUT2D eigenvalue weighted by molar-refractivity contribution is -0.112. The number of nitrogens with zero attached hydrogens (tertiary/aromatic N) is 2. The number of rotatable bonds is 14. The standard InChI is InChI=1S/C24H40N2O7/c1-19(28-2)32-15-7-11-25-9-6-10-26(14-13-25)12-8-16-33-24(27)20-17-21(29-3)23(31-5)22(18-20)30-4/h17-19H,6-16H2,1-5H3. The van der Waals surface area contributed by atoms with E-state index in [1.54, 1.807) is 19.2 Å². The van der Waals surface area contributed by atoms with Gasteiger partial charge in [0, 0.05) is 33.3 Å². The second-order valence-corrected chi connectivity index (χ2v) is 7.97. The van der Waals surface area contributed by atoms with E-state index >= 15 is 0 Å². The number of hydrogen-bond acceptors (Lipinski definition) is 9. The van der Waals surface area contributed by atoms with Crippen LogP contribution in [-0.4, -0.2) is 103 Å². The van der Waals surface area contributed by atoms with Crippen molar-refractivity contribution >= 4 is 5.97 Å². The molecule has 33 heavy (non-hydrogen) atoms. The second-order valence-electron chi connectivity index (χ2n) is 7.97. The number of hydrogen-bond donors (Lipinski definition) is 0. The van der Waals surface area contributed by atoms with Gasteiger partial charge in [-0.1, -0.05) is 0 Å². The lowest BCUT2D eigenvalue weighted by Crippen LogP contribution is -2.32. The van der Waals surface area contributed by atoms with Gasteiger partial charge in [0.2, 0.25) is 5.75 Å². The van der Waals surface area contributed by atoms with Gasteiger partial charge in [-0.25, -0.2) is 4.79 Å². The molecule has 0 aliphatic carbocycles. The van der Waals surface area contributed by atoms with Crippen molar-refractivity contribution in [2.45, 2.75) is 32.5 Å². The van der Waals surface area contributed by atoms with Crippen LogP contribution in [0, 0.1) is 0 Å². The summed E-state index contributed by atoms with van der Waals surface area (Å²) in [5.74, 6) is 0.903. The lowest BCUT2D eigenvalue weighted by atomic mass is 10.2. The molecule has 0 spiro atoms. The molecular formula is C24H40N2O7. The van der Waals surface area contributed by atoms with E-state index in [0.717, 1.165) is 58.5 Å². The summed E-state index contributed by atoms with van der Waals surface area (Å²) in [6, 6.07) is 3.21. The van der Waals surface area contributed by atoms with Crippen LogP contribution in [0.2, 0.25) is 0 Å². The summed E-state index contributed by atoms with van der Waals surface area (Å²) in [7, 11) is 6.22. The molecule has 2 rings (SSSR count). The van der Waals surface area contributed by atoms with Gasteiger partial charge in [-0.3, -0.25) is 0 Å². The summed E-state index contributed by atoms with van der Waals surface area (Å²) in [6.45, 7) is 9.17. The molecule has 1 unspecified atom stereocenters. The zero-order valence-electron chi connectivity index (χ0n) is 20.8. The van der Waals surface area contributed by atoms with E-state index in [2.05, 4.69) is 9.80 Å². The van der Waals surface area contributed by atoms with Gasteiger partial charge in [-0.05, 0) is 51.4 Å². The zero-order valence-corrected chi connectivity index (χ0v) is 20.8. The predicted octanol–water partition coefficient (Wildman–Crippen LogP) is 2.67. The molecule has 0 saturated carbocycles. The summed E-state index contributed by atoms with van der Waals surface area (Å²) in [4.78, 5) is 17.4. The first kappa shape index (κ1) is 27.2. The van der Waals surface area contributed by atoms with Gasteiger partial charge in [0.05, 0.1) is 40.1 Å². The van der Waals surface area contributed by atoms with E-state index in [4.69, 9.17) is 28.4 Å². The summed E-state index contributed by atoms with van der Waals surface area (Å²) >= 11 is 0. The molecule has 188 valence electrons. The Labute approximate surface area is 197 Å². The first-order valence-electron chi connectivity index (χ1n) is 11.6. The normalized spacial score (nSPS) is 16.2. The van der Waals surface area contributed by atoms with Crippen molar-refractivity contribution < 1.29 is 33.2 Å². The minimum absolute atomic E-state index is 0.146. The van der Waals surface area contributed by atoms with Crippen LogP contribution < -0.4 is 14.2 Å². The second kappa shape index (κ2) is 15.0. The monoisotopic (exact) mass is 468 g/mol. The SMILES string of the molecule is COc1cc(C(=O)OCCCN2CCCN(CCCOC(C)OC)CC2)cc(OC)c1OC. The molecule has 0 amide bonds. The zero-order chi connectivity index (χ0) is 24.1. The first-order valence-corrected chi connectivity index (χ1v) is 11.6. The molecule has 9 nitrogen and oxygen atoms in total. The van der Waals surface area contributed by atoms with Gasteiger partial charge >= 0.3 is 5.97 Å². The summed E-state index contributed by atoms with van der Waals surface area (Å²) in [5.41, 5.74) is 0.374. The number of methoxy groups -OCH3 is 4. The molecule has 1 atom stereocenters. The Kier molecular flexibility index (Phi) is 12.3. The fraction of sp³-hybridized carbons (Fsp3) is 0.708. The van der Waals surface area contributed by atoms with Crippen molar-refractivity contribution in [1.29, 1.82) is 0 Å². The molecule has 0 radical (unpaired) electrons. The van der Waals surface area contributed by atoms with Crippen molar-refractivity contribution in [2.24, 2.45) is 0 Å². The van der Waals surface area contributed by atoms with Crippen molar-refractivity contribution in [3.63, 3.8) is 0 Å². The first-order chi connectivity index (χ1) is 16.0. The minimum Gasteiger partial charge on any atom is -0.493 e. The molecule has 1 aromatic rings. The number of ether oxygens (including phenoxy) is 6. The van der Waals surface area contributed by atoms with Gasteiger partial charge < -0.3 is 38.2 Å². The summed E-state index contributed by atoms with van der Waals surface area (Å²) in [6.07, 6.45) is 2.79. The smallest absolute Gasteiger partial charge is 0.338 e. The van der Waals surface area contributed by atoms with E-state index in [9.17, 15) is 4.79 Å². The van der Waals surface area contributed by atoms with Gasteiger partial charge in [-0.2, -0.15) is 0 Å². The molecule has 1 heterocycles. The van der Waals surface area contributed by atoms with Crippen LogP contribution in [0.5, 0.6) is 17.2 Å². The maximum Gasteiger partial charge on any atom is 0.338 e. The highest BCUT2D eigenvalue weighted by Gasteiger charge is 2.18. The maximum atomic E-state index is 12.5. The molecule has 0 N–H and O–H groups in total. The average Bonchev–Trinajstić information content (AvgIpc) is 3.08. The van der Waals surface area contributed by atoms with Gasteiger partial charge in [0.1, 0.15) is 0 Å². The summed E-state index contributed by atoms with van der Waals surface area (Å²) in [5, 5.41) is 0. The van der Waals surface area contributed by atoms with Crippen LogP contribution in [0.4, 0.5) is 0 Å². The quantitative estimate of drug-likeness (QED) is 0.233. The van der Waals surface area contributed by atoms with E-state index in [1.165, 1.54) is 21.3 Å². The Hall–Kier alpha value is -2.07. The largest absolute Gasteiger partial charge is 0.493 e. The van der Waals surface area contributed by atoms with Crippen molar-refractivity contribution in [3.8, 4) is 17.2 Å². The van der Waals surface area contributed by atoms with E-state index in [0.29, 0.717) is 36.0 Å². The highest BCUT2D eigenvalue weighted by atomic mass is 16.7. The highest BCUT2D eigenvalue weighted by molar-refractivity contribution is 5.91. The Morgan fingerprint density at radius 3 is 1.97 bits per heavy atom. The van der Waals surface area contributed by atoms with Crippen LogP contribution in [0.25, 0.3) is 0 Å². The van der Waals surface area contributed by atoms with Crippen LogP contribution in [0.15, 0.2) is 12.1 Å². The molecule has 9 heteroatoms.